The summed E-state index contributed by atoms with van der Waals surface area (Å²) in [6.07, 6.45) is -0.350. The maximum atomic E-state index is 11.3. The number of hydrogen-bond acceptors (Lipinski definition) is 5. The Kier molecular flexibility index (Phi) is 5.70. The lowest BCUT2D eigenvalue weighted by atomic mass is 9.90. The molecule has 0 aromatic rings. The van der Waals surface area contributed by atoms with Crippen molar-refractivity contribution >= 4 is 16.3 Å². The fourth-order valence-corrected chi connectivity index (χ4v) is 1.91. The van der Waals surface area contributed by atoms with Gasteiger partial charge in [-0.2, -0.15) is 13.1 Å². The van der Waals surface area contributed by atoms with E-state index in [4.69, 9.17) is 5.73 Å². The highest BCUT2D eigenvalue weighted by molar-refractivity contribution is 7.88. The minimum atomic E-state index is -3.86. The number of carbonyl (C=O) groups excluding carboxylic acids is 1. The molecule has 0 fully saturated rings. The summed E-state index contributed by atoms with van der Waals surface area (Å²) in [6.45, 7) is 4.41. The van der Waals surface area contributed by atoms with Crippen molar-refractivity contribution in [3.05, 3.63) is 0 Å². The van der Waals surface area contributed by atoms with Gasteiger partial charge < -0.3 is 10.5 Å². The van der Waals surface area contributed by atoms with Crippen molar-refractivity contribution in [3.8, 4) is 0 Å². The third-order valence-corrected chi connectivity index (χ3v) is 2.92. The number of ether oxygens (including phenoxy) is 1. The Labute approximate surface area is 95.9 Å². The van der Waals surface area contributed by atoms with Gasteiger partial charge in [-0.25, -0.2) is 9.52 Å². The van der Waals surface area contributed by atoms with Gasteiger partial charge in [-0.3, -0.25) is 0 Å². The van der Waals surface area contributed by atoms with Crippen molar-refractivity contribution < 1.29 is 17.9 Å². The van der Waals surface area contributed by atoms with Crippen LogP contribution < -0.4 is 15.2 Å². The minimum Gasteiger partial charge on any atom is -0.452 e. The molecule has 0 aliphatic heterocycles. The fraction of sp³-hybridized carbons (Fsp3) is 0.875. The highest BCUT2D eigenvalue weighted by atomic mass is 32.2. The number of carbonyl (C=O) groups is 1. The monoisotopic (exact) mass is 253 g/mol. The number of nitrogens with two attached hydrogens (primary N) is 1. The molecular weight excluding hydrogens is 234 g/mol. The van der Waals surface area contributed by atoms with E-state index in [9.17, 15) is 13.2 Å². The molecule has 0 heterocycles. The van der Waals surface area contributed by atoms with Crippen molar-refractivity contribution in [2.45, 2.75) is 20.3 Å². The average molecular weight is 253 g/mol. The van der Waals surface area contributed by atoms with Gasteiger partial charge in [-0.05, 0) is 18.4 Å². The molecule has 8 heteroatoms. The highest BCUT2D eigenvalue weighted by Crippen LogP contribution is 2.17. The van der Waals surface area contributed by atoms with Crippen LogP contribution in [0.1, 0.15) is 20.3 Å². The lowest BCUT2D eigenvalue weighted by molar-refractivity contribution is 0.177. The molecule has 0 aliphatic rings. The first-order valence-corrected chi connectivity index (χ1v) is 6.26. The van der Waals surface area contributed by atoms with Gasteiger partial charge in [-0.15, -0.1) is 0 Å². The lowest BCUT2D eigenvalue weighted by Crippen LogP contribution is -2.44. The lowest BCUT2D eigenvalue weighted by Gasteiger charge is -2.23. The zero-order chi connectivity index (χ0) is 12.8. The normalized spacial score (nSPS) is 12.2. The van der Waals surface area contributed by atoms with Crippen LogP contribution >= 0.6 is 0 Å². The van der Waals surface area contributed by atoms with E-state index in [1.165, 1.54) is 0 Å². The fourth-order valence-electron chi connectivity index (χ4n) is 0.957. The zero-order valence-electron chi connectivity index (χ0n) is 9.74. The second-order valence-electron chi connectivity index (χ2n) is 4.12. The van der Waals surface area contributed by atoms with Crippen LogP contribution in [0.25, 0.3) is 0 Å². The number of amides is 1. The first kappa shape index (κ1) is 15.1. The summed E-state index contributed by atoms with van der Waals surface area (Å²) in [4.78, 5) is 10.7. The van der Waals surface area contributed by atoms with Crippen LogP contribution in [0, 0.1) is 5.41 Å². The number of methoxy groups -OCH3 is 1. The summed E-state index contributed by atoms with van der Waals surface area (Å²) >= 11 is 0. The van der Waals surface area contributed by atoms with E-state index in [2.05, 4.69) is 9.46 Å². The van der Waals surface area contributed by atoms with E-state index in [1.54, 1.807) is 4.72 Å². The van der Waals surface area contributed by atoms with E-state index >= 15 is 0 Å². The topological polar surface area (TPSA) is 111 Å². The molecule has 0 bridgehead atoms. The van der Waals surface area contributed by atoms with Gasteiger partial charge >= 0.3 is 16.3 Å². The van der Waals surface area contributed by atoms with Gasteiger partial charge in [0.2, 0.25) is 0 Å². The number of rotatable bonds is 6. The van der Waals surface area contributed by atoms with Crippen LogP contribution in [0.5, 0.6) is 0 Å². The third-order valence-electron chi connectivity index (χ3n) is 1.96. The maximum absolute atomic E-state index is 11.3. The highest BCUT2D eigenvalue weighted by Gasteiger charge is 2.21. The Morgan fingerprint density at radius 2 is 2.00 bits per heavy atom. The van der Waals surface area contributed by atoms with Gasteiger partial charge in [-0.1, -0.05) is 13.8 Å². The van der Waals surface area contributed by atoms with Crippen LogP contribution in [-0.4, -0.2) is 34.7 Å². The first-order chi connectivity index (χ1) is 7.22. The van der Waals surface area contributed by atoms with Gasteiger partial charge in [0.15, 0.2) is 0 Å². The van der Waals surface area contributed by atoms with Crippen molar-refractivity contribution in [1.29, 1.82) is 0 Å². The molecule has 0 saturated heterocycles. The van der Waals surface area contributed by atoms with Crippen molar-refractivity contribution in [1.82, 2.24) is 9.44 Å². The molecule has 0 aliphatic carbocycles. The molecular formula is C8H19N3O4S. The molecule has 0 aromatic heterocycles. The third kappa shape index (κ3) is 6.59. The van der Waals surface area contributed by atoms with Crippen LogP contribution in [-0.2, 0) is 14.9 Å². The molecule has 0 rings (SSSR count). The summed E-state index contributed by atoms with van der Waals surface area (Å²) in [5.41, 5.74) is 5.13. The Hall–Kier alpha value is -0.860. The predicted octanol–water partition coefficient (Wildman–Crippen LogP) is -0.448. The largest absolute Gasteiger partial charge is 0.452 e. The maximum Gasteiger partial charge on any atom is 0.421 e. The molecule has 0 aromatic carbocycles. The van der Waals surface area contributed by atoms with Crippen molar-refractivity contribution in [2.75, 3.05) is 20.2 Å². The van der Waals surface area contributed by atoms with Gasteiger partial charge in [0.05, 0.1) is 7.11 Å². The standard InChI is InChI=1S/C8H19N3O4S/c1-8(2,4-5-9)6-10-16(13,14)11-7(12)15-3/h10H,4-6,9H2,1-3H3,(H,11,12). The van der Waals surface area contributed by atoms with Gasteiger partial charge in [0.25, 0.3) is 0 Å². The summed E-state index contributed by atoms with van der Waals surface area (Å²) in [6, 6.07) is 0. The summed E-state index contributed by atoms with van der Waals surface area (Å²) in [7, 11) is -2.77. The minimum absolute atomic E-state index is 0.191. The summed E-state index contributed by atoms with van der Waals surface area (Å²) < 4.78 is 30.7. The Balaban J connectivity index is 4.24. The Morgan fingerprint density at radius 1 is 1.44 bits per heavy atom. The van der Waals surface area contributed by atoms with E-state index in [1.807, 2.05) is 13.8 Å². The predicted molar refractivity (Wildman–Crippen MR) is 59.9 cm³/mol. The quantitative estimate of drug-likeness (QED) is 0.594. The van der Waals surface area contributed by atoms with Crippen molar-refractivity contribution in [3.63, 3.8) is 0 Å². The number of nitrogens with one attached hydrogen (secondary N) is 2. The molecule has 96 valence electrons. The molecule has 0 spiro atoms. The smallest absolute Gasteiger partial charge is 0.421 e. The van der Waals surface area contributed by atoms with Crippen LogP contribution in [0.4, 0.5) is 4.79 Å². The molecule has 16 heavy (non-hydrogen) atoms. The van der Waals surface area contributed by atoms with E-state index in [0.29, 0.717) is 13.0 Å². The SMILES string of the molecule is COC(=O)NS(=O)(=O)NCC(C)(C)CCN. The molecule has 0 unspecified atom stereocenters. The number of hydrogen-bond donors (Lipinski definition) is 3. The molecule has 4 N–H and O–H groups in total. The second-order valence-corrected chi connectivity index (χ2v) is 5.62. The van der Waals surface area contributed by atoms with E-state index in [-0.39, 0.29) is 12.0 Å². The van der Waals surface area contributed by atoms with Crippen molar-refractivity contribution in [2.24, 2.45) is 11.1 Å². The van der Waals surface area contributed by atoms with E-state index < -0.39 is 16.3 Å². The molecule has 0 saturated carbocycles. The average Bonchev–Trinajstić information content (AvgIpc) is 2.14. The summed E-state index contributed by atoms with van der Waals surface area (Å²) in [5.74, 6) is 0. The summed E-state index contributed by atoms with van der Waals surface area (Å²) in [5, 5.41) is 0. The van der Waals surface area contributed by atoms with Gasteiger partial charge in [0, 0.05) is 6.54 Å². The van der Waals surface area contributed by atoms with Gasteiger partial charge in [0.1, 0.15) is 0 Å². The Morgan fingerprint density at radius 3 is 2.44 bits per heavy atom. The van der Waals surface area contributed by atoms with Crippen LogP contribution in [0.2, 0.25) is 0 Å². The van der Waals surface area contributed by atoms with E-state index in [0.717, 1.165) is 7.11 Å². The molecule has 0 radical (unpaired) electrons. The van der Waals surface area contributed by atoms with Crippen LogP contribution in [0.15, 0.2) is 0 Å². The zero-order valence-corrected chi connectivity index (χ0v) is 10.6. The first-order valence-electron chi connectivity index (χ1n) is 4.78. The molecule has 0 atom stereocenters. The molecule has 7 nitrogen and oxygen atoms in total. The Bertz CT molecular complexity index is 326. The molecule has 1 amide bonds. The second kappa shape index (κ2) is 6.02. The van der Waals surface area contributed by atoms with Crippen LogP contribution in [0.3, 0.4) is 0 Å².